The van der Waals surface area contributed by atoms with Gasteiger partial charge in [0, 0.05) is 18.8 Å². The molecule has 1 heterocycles. The second-order valence-corrected chi connectivity index (χ2v) is 6.63. The summed E-state index contributed by atoms with van der Waals surface area (Å²) >= 11 is 0. The molecular formula is C23H22N4O4. The fraction of sp³-hybridized carbons (Fsp3) is 0.130. The van der Waals surface area contributed by atoms with Crippen LogP contribution >= 0.6 is 0 Å². The summed E-state index contributed by atoms with van der Waals surface area (Å²) in [7, 11) is 0. The Kier molecular flexibility index (Phi) is 7.70. The molecule has 158 valence electrons. The zero-order chi connectivity index (χ0) is 21.9. The Morgan fingerprint density at radius 3 is 2.16 bits per heavy atom. The molecule has 0 radical (unpaired) electrons. The van der Waals surface area contributed by atoms with E-state index in [9.17, 15) is 14.4 Å². The topological polar surface area (TPSA) is 109 Å². The van der Waals surface area contributed by atoms with E-state index in [-0.39, 0.29) is 18.6 Å². The minimum Gasteiger partial charge on any atom is -0.445 e. The molecule has 0 spiro atoms. The van der Waals surface area contributed by atoms with E-state index in [1.54, 1.807) is 12.1 Å². The van der Waals surface area contributed by atoms with E-state index in [2.05, 4.69) is 21.2 Å². The molecule has 3 rings (SSSR count). The van der Waals surface area contributed by atoms with Gasteiger partial charge in [-0.05, 0) is 23.3 Å². The van der Waals surface area contributed by atoms with Crippen LogP contribution in [-0.2, 0) is 22.6 Å². The number of alkyl carbamates (subject to hydrolysis) is 1. The highest BCUT2D eigenvalue weighted by Crippen LogP contribution is 2.05. The lowest BCUT2D eigenvalue weighted by Gasteiger charge is -2.19. The summed E-state index contributed by atoms with van der Waals surface area (Å²) in [5.41, 5.74) is 6.62. The normalized spacial score (nSPS) is 11.1. The third kappa shape index (κ3) is 6.97. The van der Waals surface area contributed by atoms with Gasteiger partial charge in [0.05, 0.1) is 5.56 Å². The van der Waals surface area contributed by atoms with E-state index in [0.29, 0.717) is 0 Å². The molecule has 8 nitrogen and oxygen atoms in total. The Morgan fingerprint density at radius 1 is 0.839 bits per heavy atom. The highest BCUT2D eigenvalue weighted by molar-refractivity contribution is 5.96. The molecule has 0 aliphatic carbocycles. The summed E-state index contributed by atoms with van der Waals surface area (Å²) in [5, 5.41) is 2.56. The predicted octanol–water partition coefficient (Wildman–Crippen LogP) is 2.38. The Balaban J connectivity index is 1.60. The third-order valence-corrected chi connectivity index (χ3v) is 4.33. The maximum atomic E-state index is 12.7. The number of carbonyl (C=O) groups is 3. The molecule has 1 aromatic heterocycles. The van der Waals surface area contributed by atoms with Gasteiger partial charge in [0.1, 0.15) is 12.6 Å². The number of nitrogens with zero attached hydrogens (tertiary/aromatic N) is 1. The van der Waals surface area contributed by atoms with Gasteiger partial charge >= 0.3 is 6.09 Å². The molecule has 0 aliphatic heterocycles. The van der Waals surface area contributed by atoms with E-state index < -0.39 is 23.9 Å². The average molecular weight is 418 g/mol. The summed E-state index contributed by atoms with van der Waals surface area (Å²) in [6.45, 7) is 0.0735. The van der Waals surface area contributed by atoms with Crippen LogP contribution in [0.4, 0.5) is 4.79 Å². The van der Waals surface area contributed by atoms with Gasteiger partial charge in [-0.1, -0.05) is 60.7 Å². The fourth-order valence-corrected chi connectivity index (χ4v) is 2.74. The van der Waals surface area contributed by atoms with E-state index in [4.69, 9.17) is 4.74 Å². The molecule has 0 saturated carbocycles. The first-order chi connectivity index (χ1) is 15.1. The lowest BCUT2D eigenvalue weighted by molar-refractivity contribution is -0.123. The zero-order valence-corrected chi connectivity index (χ0v) is 16.7. The van der Waals surface area contributed by atoms with Gasteiger partial charge in [0.2, 0.25) is 0 Å². The largest absolute Gasteiger partial charge is 0.445 e. The third-order valence-electron chi connectivity index (χ3n) is 4.33. The summed E-state index contributed by atoms with van der Waals surface area (Å²) < 4.78 is 5.22. The van der Waals surface area contributed by atoms with E-state index in [1.165, 1.54) is 12.4 Å². The number of hydrazine groups is 1. The van der Waals surface area contributed by atoms with Crippen molar-refractivity contribution in [3.8, 4) is 0 Å². The van der Waals surface area contributed by atoms with E-state index in [0.717, 1.165) is 11.1 Å². The lowest BCUT2D eigenvalue weighted by atomic mass is 10.1. The molecule has 3 amide bonds. The molecular weight excluding hydrogens is 396 g/mol. The van der Waals surface area contributed by atoms with Crippen molar-refractivity contribution < 1.29 is 19.1 Å². The van der Waals surface area contributed by atoms with Crippen molar-refractivity contribution in [1.82, 2.24) is 21.2 Å². The van der Waals surface area contributed by atoms with Crippen molar-refractivity contribution in [2.45, 2.75) is 19.1 Å². The van der Waals surface area contributed by atoms with Crippen LogP contribution in [0.3, 0.4) is 0 Å². The van der Waals surface area contributed by atoms with Crippen LogP contribution in [0.5, 0.6) is 0 Å². The first-order valence-electron chi connectivity index (χ1n) is 9.63. The van der Waals surface area contributed by atoms with Gasteiger partial charge in [-0.25, -0.2) is 4.79 Å². The Morgan fingerprint density at radius 2 is 1.52 bits per heavy atom. The molecule has 0 saturated heterocycles. The zero-order valence-electron chi connectivity index (χ0n) is 16.7. The second kappa shape index (κ2) is 11.1. The van der Waals surface area contributed by atoms with Gasteiger partial charge in [-0.15, -0.1) is 0 Å². The minimum atomic E-state index is -0.958. The lowest BCUT2D eigenvalue weighted by Crippen LogP contribution is -2.53. The molecule has 8 heteroatoms. The number of carbonyl (C=O) groups excluding carboxylic acids is 3. The number of ether oxygens (including phenoxy) is 1. The monoisotopic (exact) mass is 418 g/mol. The minimum absolute atomic E-state index is 0.0735. The summed E-state index contributed by atoms with van der Waals surface area (Å²) in [4.78, 5) is 40.9. The summed E-state index contributed by atoms with van der Waals surface area (Å²) in [6.07, 6.45) is 2.40. The molecule has 3 N–H and O–H groups in total. The number of hydrogen-bond acceptors (Lipinski definition) is 5. The van der Waals surface area contributed by atoms with Gasteiger partial charge < -0.3 is 10.1 Å². The maximum absolute atomic E-state index is 12.7. The number of pyridine rings is 1. The molecule has 1 atom stereocenters. The predicted molar refractivity (Wildman–Crippen MR) is 114 cm³/mol. The first-order valence-corrected chi connectivity index (χ1v) is 9.63. The summed E-state index contributed by atoms with van der Waals surface area (Å²) in [6, 6.07) is 20.6. The van der Waals surface area contributed by atoms with Crippen molar-refractivity contribution in [2.75, 3.05) is 0 Å². The number of hydrogen-bond donors (Lipinski definition) is 3. The SMILES string of the molecule is O=C(N[C@@H](Cc1ccccc1)C(=O)NNC(=O)c1cccnc1)OCc1ccccc1. The van der Waals surface area contributed by atoms with Gasteiger partial charge in [-0.3, -0.25) is 25.4 Å². The summed E-state index contributed by atoms with van der Waals surface area (Å²) in [5.74, 6) is -1.11. The highest BCUT2D eigenvalue weighted by atomic mass is 16.5. The van der Waals surface area contributed by atoms with Crippen LogP contribution < -0.4 is 16.2 Å². The van der Waals surface area contributed by atoms with Crippen LogP contribution in [-0.4, -0.2) is 28.9 Å². The van der Waals surface area contributed by atoms with E-state index in [1.807, 2.05) is 60.7 Å². The smallest absolute Gasteiger partial charge is 0.408 e. The number of benzene rings is 2. The van der Waals surface area contributed by atoms with Crippen LogP contribution in [0.15, 0.2) is 85.2 Å². The highest BCUT2D eigenvalue weighted by Gasteiger charge is 2.22. The molecule has 31 heavy (non-hydrogen) atoms. The average Bonchev–Trinajstić information content (AvgIpc) is 2.82. The number of aromatic nitrogens is 1. The van der Waals surface area contributed by atoms with Crippen molar-refractivity contribution >= 4 is 17.9 Å². The molecule has 0 unspecified atom stereocenters. The van der Waals surface area contributed by atoms with Gasteiger partial charge in [0.25, 0.3) is 11.8 Å². The number of nitrogens with one attached hydrogen (secondary N) is 3. The number of rotatable bonds is 7. The van der Waals surface area contributed by atoms with E-state index >= 15 is 0 Å². The van der Waals surface area contributed by atoms with Gasteiger partial charge in [0.15, 0.2) is 0 Å². The van der Waals surface area contributed by atoms with Crippen LogP contribution in [0, 0.1) is 0 Å². The Bertz CT molecular complexity index is 998. The van der Waals surface area contributed by atoms with Gasteiger partial charge in [-0.2, -0.15) is 0 Å². The Hall–Kier alpha value is -4.20. The van der Waals surface area contributed by atoms with Crippen LogP contribution in [0.1, 0.15) is 21.5 Å². The van der Waals surface area contributed by atoms with Crippen molar-refractivity contribution in [3.63, 3.8) is 0 Å². The quantitative estimate of drug-likeness (QED) is 0.511. The Labute approximate surface area is 179 Å². The van der Waals surface area contributed by atoms with Crippen molar-refractivity contribution in [1.29, 1.82) is 0 Å². The molecule has 2 aromatic carbocycles. The number of amides is 3. The first kappa shape index (κ1) is 21.5. The second-order valence-electron chi connectivity index (χ2n) is 6.63. The molecule has 0 bridgehead atoms. The fourth-order valence-electron chi connectivity index (χ4n) is 2.74. The van der Waals surface area contributed by atoms with Crippen molar-refractivity contribution in [3.05, 3.63) is 102 Å². The van der Waals surface area contributed by atoms with Crippen LogP contribution in [0.2, 0.25) is 0 Å². The van der Waals surface area contributed by atoms with Crippen molar-refractivity contribution in [2.24, 2.45) is 0 Å². The molecule has 0 aliphatic rings. The van der Waals surface area contributed by atoms with Crippen LogP contribution in [0.25, 0.3) is 0 Å². The molecule has 0 fully saturated rings. The maximum Gasteiger partial charge on any atom is 0.408 e. The molecule has 3 aromatic rings. The standard InChI is InChI=1S/C23H22N4O4/c28-21(19-12-7-13-24-15-19)26-27-22(29)20(14-17-8-3-1-4-9-17)25-23(30)31-16-18-10-5-2-6-11-18/h1-13,15,20H,14,16H2,(H,25,30)(H,26,28)(H,27,29)/t20-/m0/s1.